The number of likely N-dealkylation sites (N-methyl/N-ethyl adjacent to an activating group) is 1. The van der Waals surface area contributed by atoms with E-state index in [4.69, 9.17) is 15.2 Å². The van der Waals surface area contributed by atoms with Crippen LogP contribution in [0.3, 0.4) is 0 Å². The summed E-state index contributed by atoms with van der Waals surface area (Å²) in [6.07, 6.45) is 15.5. The first kappa shape index (κ1) is 34.8. The fourth-order valence-electron chi connectivity index (χ4n) is 8.70. The van der Waals surface area contributed by atoms with E-state index in [-0.39, 0.29) is 41.9 Å². The van der Waals surface area contributed by atoms with Gasteiger partial charge in [-0.2, -0.15) is 0 Å². The van der Waals surface area contributed by atoms with Gasteiger partial charge in [0.2, 0.25) is 5.78 Å². The number of allylic oxidation sites excluding steroid dienone is 3. The molecule has 268 valence electrons. The van der Waals surface area contributed by atoms with Gasteiger partial charge in [-0.25, -0.2) is 9.78 Å². The van der Waals surface area contributed by atoms with Crippen LogP contribution in [0.2, 0.25) is 0 Å². The number of aromatic nitrogens is 1. The van der Waals surface area contributed by atoms with Crippen LogP contribution in [0.5, 0.6) is 0 Å². The van der Waals surface area contributed by atoms with Gasteiger partial charge in [-0.15, -0.1) is 0 Å². The van der Waals surface area contributed by atoms with E-state index in [0.29, 0.717) is 24.1 Å². The van der Waals surface area contributed by atoms with Crippen molar-refractivity contribution in [3.63, 3.8) is 0 Å². The fourth-order valence-corrected chi connectivity index (χ4v) is 8.70. The summed E-state index contributed by atoms with van der Waals surface area (Å²) in [6, 6.07) is 10.5. The van der Waals surface area contributed by atoms with Crippen molar-refractivity contribution in [2.75, 3.05) is 32.5 Å². The van der Waals surface area contributed by atoms with Gasteiger partial charge in [0.05, 0.1) is 12.1 Å². The molecule has 6 atom stereocenters. The lowest BCUT2D eigenvalue weighted by molar-refractivity contribution is -0.150. The number of nitrogens with one attached hydrogen (secondary N) is 3. The Kier molecular flexibility index (Phi) is 9.45. The average Bonchev–Trinajstić information content (AvgIpc) is 3.89. The quantitative estimate of drug-likeness (QED) is 0.120. The zero-order valence-corrected chi connectivity index (χ0v) is 29.7. The maximum absolute atomic E-state index is 14.3. The highest BCUT2D eigenvalue weighted by atomic mass is 16.7. The van der Waals surface area contributed by atoms with Crippen LogP contribution in [0.25, 0.3) is 0 Å². The molecule has 2 aromatic rings. The van der Waals surface area contributed by atoms with Gasteiger partial charge in [0.1, 0.15) is 5.82 Å². The minimum absolute atomic E-state index is 0.0269. The summed E-state index contributed by atoms with van der Waals surface area (Å²) in [7, 11) is 1.73. The maximum Gasteiger partial charge on any atom is 0.350 e. The van der Waals surface area contributed by atoms with Gasteiger partial charge < -0.3 is 31.2 Å². The summed E-state index contributed by atoms with van der Waals surface area (Å²) < 4.78 is 12.3. The van der Waals surface area contributed by atoms with Crippen molar-refractivity contribution in [1.29, 1.82) is 0 Å². The number of esters is 1. The molecule has 0 amide bonds. The van der Waals surface area contributed by atoms with Gasteiger partial charge in [-0.3, -0.25) is 14.6 Å². The summed E-state index contributed by atoms with van der Waals surface area (Å²) in [5.74, 6) is -0.170. The molecule has 11 heteroatoms. The molecular formula is C40H48N6O5. The topological polar surface area (TPSA) is 160 Å². The first-order chi connectivity index (χ1) is 24.7. The first-order valence-electron chi connectivity index (χ1n) is 18.2. The molecule has 0 bridgehead atoms. The van der Waals surface area contributed by atoms with Crippen LogP contribution in [0.15, 0.2) is 83.0 Å². The van der Waals surface area contributed by atoms with E-state index in [2.05, 4.69) is 51.1 Å². The van der Waals surface area contributed by atoms with Crippen molar-refractivity contribution in [1.82, 2.24) is 20.9 Å². The SMILES string of the molecule is CCN[C@@H]1C=C2C=CCC[C@H]2C[C@H]1COC(=O)[C@]12O[C@@]1(C/C=C(\C)C[C@]1(c3ccnc(N)c3)CCCNC(=NC)N1)C(=O)c1ccccc1C2=O. The molecular weight excluding hydrogens is 644 g/mol. The molecule has 1 aromatic carbocycles. The second-order valence-electron chi connectivity index (χ2n) is 14.5. The number of rotatable bonds is 10. The minimum Gasteiger partial charge on any atom is -0.463 e. The zero-order valence-electron chi connectivity index (χ0n) is 29.7. The van der Waals surface area contributed by atoms with Crippen LogP contribution >= 0.6 is 0 Å². The van der Waals surface area contributed by atoms with Crippen molar-refractivity contribution in [2.24, 2.45) is 16.8 Å². The summed E-state index contributed by atoms with van der Waals surface area (Å²) in [5, 5.41) is 10.5. The molecule has 5 N–H and O–H groups in total. The summed E-state index contributed by atoms with van der Waals surface area (Å²) in [6.45, 7) is 5.70. The number of anilines is 1. The van der Waals surface area contributed by atoms with Crippen LogP contribution in [0.1, 0.15) is 85.1 Å². The van der Waals surface area contributed by atoms with Crippen LogP contribution < -0.4 is 21.7 Å². The van der Waals surface area contributed by atoms with E-state index in [1.165, 1.54) is 5.57 Å². The number of guanidine groups is 1. The number of pyridine rings is 1. The lowest BCUT2D eigenvalue weighted by atomic mass is 9.72. The van der Waals surface area contributed by atoms with E-state index < -0.39 is 28.5 Å². The highest BCUT2D eigenvalue weighted by Gasteiger charge is 2.85. The standard InChI is InChI=1S/C40H48N6O5/c1-4-43-32-21-27-11-6-5-10-26(27)20-28(32)24-50-36(49)40-35(48)31-13-8-7-12-30(31)34(47)39(40,51-40)17-14-25(2)23-38(29-15-19-44-33(41)22-29)16-9-18-45-37(42-3)46-38/h6-8,11-15,19,21-22,26,28,32,43H,4-5,9-10,16-18,20,23-24H2,1-3H3,(H2,41,44)(H2,42,45,46)/b25-14+/t26-,28-,32+,38-,39-,40-/m0/s1. The molecule has 0 radical (unpaired) electrons. The van der Waals surface area contributed by atoms with Gasteiger partial charge in [-0.05, 0) is 81.2 Å². The molecule has 1 aromatic heterocycles. The van der Waals surface area contributed by atoms with Crippen molar-refractivity contribution in [3.8, 4) is 0 Å². The molecule has 0 unspecified atom stereocenters. The number of benzene rings is 1. The molecule has 0 spiro atoms. The molecule has 3 heterocycles. The normalized spacial score (nSPS) is 32.1. The molecule has 2 fully saturated rings. The Morgan fingerprint density at radius 1 is 1.22 bits per heavy atom. The van der Waals surface area contributed by atoms with Crippen molar-refractivity contribution in [3.05, 3.63) is 94.7 Å². The lowest BCUT2D eigenvalue weighted by Gasteiger charge is -2.36. The van der Waals surface area contributed by atoms with Crippen molar-refractivity contribution in [2.45, 2.75) is 81.6 Å². The average molecular weight is 693 g/mol. The van der Waals surface area contributed by atoms with Crippen LogP contribution in [0.4, 0.5) is 5.82 Å². The van der Waals surface area contributed by atoms with Gasteiger partial charge >= 0.3 is 5.97 Å². The second-order valence-corrected chi connectivity index (χ2v) is 14.5. The number of hydrogen-bond acceptors (Lipinski definition) is 9. The van der Waals surface area contributed by atoms with Gasteiger partial charge in [0.15, 0.2) is 17.3 Å². The van der Waals surface area contributed by atoms with E-state index in [1.807, 2.05) is 25.1 Å². The molecule has 7 rings (SSSR count). The van der Waals surface area contributed by atoms with E-state index in [1.54, 1.807) is 37.5 Å². The Bertz CT molecular complexity index is 1850. The highest BCUT2D eigenvalue weighted by molar-refractivity contribution is 6.32. The van der Waals surface area contributed by atoms with E-state index in [9.17, 15) is 14.4 Å². The molecule has 5 aliphatic rings. The number of nitrogen functional groups attached to an aromatic ring is 1. The Balaban J connectivity index is 1.17. The molecule has 2 saturated heterocycles. The number of Topliss-reactive ketones (excluding diaryl/α,β-unsaturated/α-hetero) is 2. The van der Waals surface area contributed by atoms with E-state index >= 15 is 0 Å². The van der Waals surface area contributed by atoms with Crippen LogP contribution in [-0.2, 0) is 19.8 Å². The van der Waals surface area contributed by atoms with Gasteiger partial charge in [0, 0.05) is 49.3 Å². The number of nitrogens with two attached hydrogens (primary N) is 1. The van der Waals surface area contributed by atoms with Crippen LogP contribution in [0, 0.1) is 11.8 Å². The number of ether oxygens (including phenoxy) is 2. The minimum atomic E-state index is -2.03. The van der Waals surface area contributed by atoms with Crippen molar-refractivity contribution >= 4 is 29.3 Å². The summed E-state index contributed by atoms with van der Waals surface area (Å²) in [5.41, 5.74) is 5.54. The Hall–Kier alpha value is -4.61. The summed E-state index contributed by atoms with van der Waals surface area (Å²) >= 11 is 0. The number of carbonyl (C=O) groups excluding carboxylic acids is 3. The largest absolute Gasteiger partial charge is 0.463 e. The lowest BCUT2D eigenvalue weighted by Crippen LogP contribution is -2.51. The second kappa shape index (κ2) is 13.8. The van der Waals surface area contributed by atoms with E-state index in [0.717, 1.165) is 56.3 Å². The number of aliphatic imine (C=N–C) groups is 1. The van der Waals surface area contributed by atoms with Crippen molar-refractivity contribution < 1.29 is 23.9 Å². The highest BCUT2D eigenvalue weighted by Crippen LogP contribution is 2.58. The van der Waals surface area contributed by atoms with Gasteiger partial charge in [-0.1, -0.05) is 61.1 Å². The summed E-state index contributed by atoms with van der Waals surface area (Å²) in [4.78, 5) is 51.4. The number of fused-ring (bicyclic) bond motifs is 3. The van der Waals surface area contributed by atoms with Crippen LogP contribution in [-0.4, -0.2) is 72.5 Å². The molecule has 2 aliphatic heterocycles. The smallest absolute Gasteiger partial charge is 0.350 e. The first-order valence-corrected chi connectivity index (χ1v) is 18.2. The third-order valence-electron chi connectivity index (χ3n) is 11.3. The third-order valence-corrected chi connectivity index (χ3v) is 11.3. The maximum atomic E-state index is 14.3. The molecule has 3 aliphatic carbocycles. The zero-order chi connectivity index (χ0) is 35.8. The number of nitrogens with zero attached hydrogens (tertiary/aromatic N) is 2. The fraction of sp³-hybridized carbons (Fsp3) is 0.475. The predicted octanol–water partition coefficient (Wildman–Crippen LogP) is 4.57. The Labute approximate surface area is 299 Å². The van der Waals surface area contributed by atoms with Gasteiger partial charge in [0.25, 0.3) is 5.60 Å². The third kappa shape index (κ3) is 6.10. The predicted molar refractivity (Wildman–Crippen MR) is 195 cm³/mol. The number of carbonyl (C=O) groups is 3. The Morgan fingerprint density at radius 2 is 2.02 bits per heavy atom. The Morgan fingerprint density at radius 3 is 2.78 bits per heavy atom. The molecule has 51 heavy (non-hydrogen) atoms. The molecule has 0 saturated carbocycles. The number of ketones is 2. The monoisotopic (exact) mass is 692 g/mol. The number of hydrogen-bond donors (Lipinski definition) is 4. The number of epoxide rings is 1. The molecule has 11 nitrogen and oxygen atoms in total.